The van der Waals surface area contributed by atoms with Crippen LogP contribution in [0.15, 0.2) is 12.1 Å². The molecule has 2 heterocycles. The second-order valence-corrected chi connectivity index (χ2v) is 6.38. The number of hydrogen-bond acceptors (Lipinski definition) is 3. The Labute approximate surface area is 117 Å². The van der Waals surface area contributed by atoms with Gasteiger partial charge in [0.15, 0.2) is 0 Å². The van der Waals surface area contributed by atoms with Gasteiger partial charge in [0.2, 0.25) is 11.8 Å². The molecule has 0 aromatic carbocycles. The third-order valence-corrected chi connectivity index (χ3v) is 4.43. The predicted octanol–water partition coefficient (Wildman–Crippen LogP) is 2.07. The first kappa shape index (κ1) is 14.1. The lowest BCUT2D eigenvalue weighted by atomic mass is 10.0. The van der Waals surface area contributed by atoms with Crippen molar-refractivity contribution in [1.82, 2.24) is 10.2 Å². The monoisotopic (exact) mass is 280 g/mol. The van der Waals surface area contributed by atoms with Crippen LogP contribution in [-0.4, -0.2) is 28.8 Å². The number of thiophene rings is 1. The highest BCUT2D eigenvalue weighted by molar-refractivity contribution is 7.11. The maximum Gasteiger partial charge on any atom is 0.246 e. The number of nitrogens with one attached hydrogen (secondary N) is 1. The largest absolute Gasteiger partial charge is 0.343 e. The molecule has 104 valence electrons. The van der Waals surface area contributed by atoms with Crippen LogP contribution in [-0.2, 0) is 16.1 Å². The molecule has 5 heteroatoms. The number of nitrogens with zero attached hydrogens (tertiary/aromatic N) is 1. The Balaban J connectivity index is 2.15. The van der Waals surface area contributed by atoms with E-state index in [1.165, 1.54) is 4.88 Å². The number of amides is 2. The maximum atomic E-state index is 12.4. The first-order valence-corrected chi connectivity index (χ1v) is 7.50. The van der Waals surface area contributed by atoms with E-state index < -0.39 is 0 Å². The second-order valence-electron chi connectivity index (χ2n) is 5.00. The van der Waals surface area contributed by atoms with E-state index >= 15 is 0 Å². The summed E-state index contributed by atoms with van der Waals surface area (Å²) >= 11 is 1.68. The van der Waals surface area contributed by atoms with Gasteiger partial charge >= 0.3 is 0 Å². The Morgan fingerprint density at radius 2 is 2.11 bits per heavy atom. The number of rotatable bonds is 4. The summed E-state index contributed by atoms with van der Waals surface area (Å²) in [5.74, 6) is -0.00803. The summed E-state index contributed by atoms with van der Waals surface area (Å²) in [7, 11) is 0. The van der Waals surface area contributed by atoms with E-state index in [1.54, 1.807) is 23.2 Å². The van der Waals surface area contributed by atoms with E-state index in [2.05, 4.69) is 5.32 Å². The van der Waals surface area contributed by atoms with E-state index in [0.717, 1.165) is 11.3 Å². The van der Waals surface area contributed by atoms with E-state index in [9.17, 15) is 9.59 Å². The first-order valence-electron chi connectivity index (χ1n) is 6.69. The van der Waals surface area contributed by atoms with E-state index in [-0.39, 0.29) is 23.9 Å². The summed E-state index contributed by atoms with van der Waals surface area (Å²) in [6.45, 7) is 6.38. The second kappa shape index (κ2) is 5.74. The molecule has 2 rings (SSSR count). The third-order valence-electron chi connectivity index (χ3n) is 3.44. The summed E-state index contributed by atoms with van der Waals surface area (Å²) in [4.78, 5) is 28.4. The smallest absolute Gasteiger partial charge is 0.246 e. The van der Waals surface area contributed by atoms with Crippen LogP contribution >= 0.6 is 11.3 Å². The molecule has 0 spiro atoms. The zero-order valence-corrected chi connectivity index (χ0v) is 12.4. The van der Waals surface area contributed by atoms with Crippen LogP contribution < -0.4 is 5.32 Å². The average molecular weight is 280 g/mol. The molecule has 1 aliphatic heterocycles. The van der Waals surface area contributed by atoms with Crippen LogP contribution in [0.1, 0.15) is 36.4 Å². The summed E-state index contributed by atoms with van der Waals surface area (Å²) in [5, 5.41) is 2.81. The Morgan fingerprint density at radius 1 is 1.37 bits per heavy atom. The molecule has 1 aromatic heterocycles. The van der Waals surface area contributed by atoms with Crippen LogP contribution in [0.25, 0.3) is 0 Å². The SMILES string of the molecule is CCCC1NC(=O)C(C)N(Cc2ccc(C)s2)C1=O. The van der Waals surface area contributed by atoms with Gasteiger partial charge < -0.3 is 10.2 Å². The molecule has 1 aromatic rings. The van der Waals surface area contributed by atoms with Crippen molar-refractivity contribution in [3.05, 3.63) is 21.9 Å². The minimum absolute atomic E-state index is 0.0417. The molecule has 0 saturated carbocycles. The lowest BCUT2D eigenvalue weighted by Crippen LogP contribution is -2.61. The van der Waals surface area contributed by atoms with Gasteiger partial charge in [-0.2, -0.15) is 0 Å². The van der Waals surface area contributed by atoms with Crippen molar-refractivity contribution in [2.24, 2.45) is 0 Å². The van der Waals surface area contributed by atoms with E-state index in [1.807, 2.05) is 26.0 Å². The average Bonchev–Trinajstić information content (AvgIpc) is 2.77. The van der Waals surface area contributed by atoms with Crippen LogP contribution in [0.5, 0.6) is 0 Å². The van der Waals surface area contributed by atoms with Gasteiger partial charge in [0.1, 0.15) is 12.1 Å². The fourth-order valence-electron chi connectivity index (χ4n) is 2.32. The Bertz CT molecular complexity index is 484. The van der Waals surface area contributed by atoms with Crippen molar-refractivity contribution in [2.75, 3.05) is 0 Å². The molecule has 2 atom stereocenters. The summed E-state index contributed by atoms with van der Waals surface area (Å²) in [6, 6.07) is 3.34. The Morgan fingerprint density at radius 3 is 2.68 bits per heavy atom. The number of carbonyl (C=O) groups excluding carboxylic acids is 2. The lowest BCUT2D eigenvalue weighted by molar-refractivity contribution is -0.149. The zero-order valence-electron chi connectivity index (χ0n) is 11.6. The molecule has 19 heavy (non-hydrogen) atoms. The molecule has 1 N–H and O–H groups in total. The molecule has 2 amide bonds. The quantitative estimate of drug-likeness (QED) is 0.918. The maximum absolute atomic E-state index is 12.4. The van der Waals surface area contributed by atoms with Gasteiger partial charge in [0, 0.05) is 9.75 Å². The summed E-state index contributed by atoms with van der Waals surface area (Å²) < 4.78 is 0. The van der Waals surface area contributed by atoms with Gasteiger partial charge in [0.05, 0.1) is 6.54 Å². The van der Waals surface area contributed by atoms with Gasteiger partial charge in [0.25, 0.3) is 0 Å². The first-order chi connectivity index (χ1) is 9.02. The minimum atomic E-state index is -0.386. The number of piperazine rings is 1. The highest BCUT2D eigenvalue weighted by Crippen LogP contribution is 2.21. The van der Waals surface area contributed by atoms with E-state index in [0.29, 0.717) is 13.0 Å². The van der Waals surface area contributed by atoms with Crippen LogP contribution in [0, 0.1) is 6.92 Å². The number of carbonyl (C=O) groups is 2. The van der Waals surface area contributed by atoms with Crippen molar-refractivity contribution in [3.8, 4) is 0 Å². The lowest BCUT2D eigenvalue weighted by Gasteiger charge is -2.37. The molecule has 0 aliphatic carbocycles. The van der Waals surface area contributed by atoms with Gasteiger partial charge in [-0.05, 0) is 32.4 Å². The third kappa shape index (κ3) is 2.97. The Kier molecular flexibility index (Phi) is 4.24. The fourth-order valence-corrected chi connectivity index (χ4v) is 3.21. The number of aryl methyl sites for hydroxylation is 1. The van der Waals surface area contributed by atoms with E-state index in [4.69, 9.17) is 0 Å². The zero-order chi connectivity index (χ0) is 14.0. The molecule has 1 fully saturated rings. The van der Waals surface area contributed by atoms with Crippen LogP contribution in [0.3, 0.4) is 0 Å². The molecule has 2 unspecified atom stereocenters. The van der Waals surface area contributed by atoms with Crippen molar-refractivity contribution in [1.29, 1.82) is 0 Å². The van der Waals surface area contributed by atoms with Gasteiger partial charge in [-0.3, -0.25) is 9.59 Å². The molecule has 0 radical (unpaired) electrons. The van der Waals surface area contributed by atoms with Crippen molar-refractivity contribution in [2.45, 2.75) is 52.2 Å². The summed E-state index contributed by atoms with van der Waals surface area (Å²) in [6.07, 6.45) is 1.59. The van der Waals surface area contributed by atoms with Crippen molar-refractivity contribution >= 4 is 23.2 Å². The van der Waals surface area contributed by atoms with Crippen molar-refractivity contribution < 1.29 is 9.59 Å². The highest BCUT2D eigenvalue weighted by atomic mass is 32.1. The number of hydrogen-bond donors (Lipinski definition) is 1. The van der Waals surface area contributed by atoms with Crippen LogP contribution in [0.4, 0.5) is 0 Å². The normalized spacial score (nSPS) is 23.6. The molecule has 4 nitrogen and oxygen atoms in total. The molecular formula is C14H20N2O2S. The standard InChI is InChI=1S/C14H20N2O2S/c1-4-5-12-14(18)16(10(3)13(17)15-12)8-11-7-6-9(2)19-11/h6-7,10,12H,4-5,8H2,1-3H3,(H,15,17). The molecule has 0 bridgehead atoms. The molecule has 1 saturated heterocycles. The van der Waals surface area contributed by atoms with Gasteiger partial charge in [-0.15, -0.1) is 11.3 Å². The van der Waals surface area contributed by atoms with Crippen LogP contribution in [0.2, 0.25) is 0 Å². The Hall–Kier alpha value is -1.36. The topological polar surface area (TPSA) is 49.4 Å². The molecule has 1 aliphatic rings. The van der Waals surface area contributed by atoms with Crippen molar-refractivity contribution in [3.63, 3.8) is 0 Å². The predicted molar refractivity (Wildman–Crippen MR) is 75.9 cm³/mol. The minimum Gasteiger partial charge on any atom is -0.343 e. The highest BCUT2D eigenvalue weighted by Gasteiger charge is 2.37. The van der Waals surface area contributed by atoms with Gasteiger partial charge in [-0.1, -0.05) is 13.3 Å². The van der Waals surface area contributed by atoms with Gasteiger partial charge in [-0.25, -0.2) is 0 Å². The fraction of sp³-hybridized carbons (Fsp3) is 0.571. The molecular weight excluding hydrogens is 260 g/mol. The summed E-state index contributed by atoms with van der Waals surface area (Å²) in [5.41, 5.74) is 0.